The first-order chi connectivity index (χ1) is 15.2. The standard InChI is InChI=1S/C24H28N6O/c1-2-11-29-12-4-7-19(16-29)17-5-3-6-18(14-17)23-25-9-8-20(27-23)21-15-22-24(31)26-10-13-30(22)28-21/h3,5-6,8-9,14-15,19H,2,4,7,10-13,16H2,1H3,(H,26,31)/t19-/m0/s1. The Hall–Kier alpha value is -3.06. The molecule has 0 radical (unpaired) electrons. The van der Waals surface area contributed by atoms with Gasteiger partial charge in [-0.05, 0) is 62.0 Å². The molecule has 3 aromatic rings. The molecule has 2 aliphatic heterocycles. The number of benzene rings is 1. The fourth-order valence-corrected chi connectivity index (χ4v) is 4.68. The molecule has 160 valence electrons. The second-order valence-electron chi connectivity index (χ2n) is 8.42. The number of carbonyl (C=O) groups is 1. The van der Waals surface area contributed by atoms with Gasteiger partial charge in [0.2, 0.25) is 0 Å². The summed E-state index contributed by atoms with van der Waals surface area (Å²) in [5.41, 5.74) is 4.40. The highest BCUT2D eigenvalue weighted by molar-refractivity contribution is 5.94. The zero-order valence-electron chi connectivity index (χ0n) is 17.9. The predicted octanol–water partition coefficient (Wildman–Crippen LogP) is 3.34. The maximum atomic E-state index is 12.1. The van der Waals surface area contributed by atoms with E-state index in [9.17, 15) is 4.79 Å². The Kier molecular flexibility index (Phi) is 5.51. The molecule has 1 amide bonds. The average Bonchev–Trinajstić information content (AvgIpc) is 3.26. The van der Waals surface area contributed by atoms with Gasteiger partial charge in [-0.3, -0.25) is 9.48 Å². The van der Waals surface area contributed by atoms with Gasteiger partial charge in [0.25, 0.3) is 5.91 Å². The minimum absolute atomic E-state index is 0.0865. The van der Waals surface area contributed by atoms with Crippen molar-refractivity contribution < 1.29 is 4.79 Å². The van der Waals surface area contributed by atoms with Gasteiger partial charge in [0.1, 0.15) is 11.4 Å². The maximum Gasteiger partial charge on any atom is 0.269 e. The van der Waals surface area contributed by atoms with Crippen LogP contribution in [0.2, 0.25) is 0 Å². The summed E-state index contributed by atoms with van der Waals surface area (Å²) in [6, 6.07) is 12.3. The van der Waals surface area contributed by atoms with E-state index in [-0.39, 0.29) is 5.91 Å². The molecule has 1 atom stereocenters. The van der Waals surface area contributed by atoms with Gasteiger partial charge in [-0.1, -0.05) is 25.1 Å². The van der Waals surface area contributed by atoms with E-state index in [0.29, 0.717) is 36.2 Å². The van der Waals surface area contributed by atoms with E-state index in [0.717, 1.165) is 17.8 Å². The van der Waals surface area contributed by atoms with Gasteiger partial charge in [0, 0.05) is 24.8 Å². The molecule has 0 spiro atoms. The van der Waals surface area contributed by atoms with Crippen LogP contribution < -0.4 is 5.32 Å². The summed E-state index contributed by atoms with van der Waals surface area (Å²) in [6.07, 6.45) is 5.45. The molecule has 1 N–H and O–H groups in total. The SMILES string of the molecule is CCCN1CCC[C@H](c2cccc(-c3nccc(-c4cc5n(n4)CCNC5=O)n3)c2)C1. The van der Waals surface area contributed by atoms with Crippen LogP contribution in [0, 0.1) is 0 Å². The largest absolute Gasteiger partial charge is 0.349 e. The molecule has 1 saturated heterocycles. The number of piperidine rings is 1. The molecule has 2 aromatic heterocycles. The second-order valence-corrected chi connectivity index (χ2v) is 8.42. The molecular weight excluding hydrogens is 388 g/mol. The van der Waals surface area contributed by atoms with Crippen molar-refractivity contribution in [1.82, 2.24) is 30.0 Å². The number of hydrogen-bond donors (Lipinski definition) is 1. The van der Waals surface area contributed by atoms with E-state index in [1.165, 1.54) is 37.9 Å². The number of carbonyl (C=O) groups excluding carboxylic acids is 1. The fraction of sp³-hybridized carbons (Fsp3) is 0.417. The molecule has 31 heavy (non-hydrogen) atoms. The monoisotopic (exact) mass is 416 g/mol. The lowest BCUT2D eigenvalue weighted by Crippen LogP contribution is -2.35. The van der Waals surface area contributed by atoms with Crippen LogP contribution in [-0.2, 0) is 6.54 Å². The van der Waals surface area contributed by atoms with E-state index in [1.807, 2.05) is 6.07 Å². The van der Waals surface area contributed by atoms with E-state index < -0.39 is 0 Å². The number of hydrogen-bond acceptors (Lipinski definition) is 5. The Balaban J connectivity index is 1.42. The van der Waals surface area contributed by atoms with Crippen molar-refractivity contribution >= 4 is 5.91 Å². The molecule has 1 aromatic carbocycles. The highest BCUT2D eigenvalue weighted by Gasteiger charge is 2.22. The van der Waals surface area contributed by atoms with Crippen LogP contribution in [0.1, 0.15) is 48.2 Å². The minimum Gasteiger partial charge on any atom is -0.349 e. The van der Waals surface area contributed by atoms with Gasteiger partial charge in [-0.25, -0.2) is 9.97 Å². The second kappa shape index (κ2) is 8.59. The zero-order valence-corrected chi connectivity index (χ0v) is 17.9. The highest BCUT2D eigenvalue weighted by atomic mass is 16.2. The third-order valence-electron chi connectivity index (χ3n) is 6.20. The summed E-state index contributed by atoms with van der Waals surface area (Å²) < 4.78 is 1.75. The third-order valence-corrected chi connectivity index (χ3v) is 6.20. The van der Waals surface area contributed by atoms with Crippen molar-refractivity contribution in [3.05, 3.63) is 53.9 Å². The summed E-state index contributed by atoms with van der Waals surface area (Å²) in [7, 11) is 0. The number of nitrogens with zero attached hydrogens (tertiary/aromatic N) is 5. The zero-order chi connectivity index (χ0) is 21.2. The van der Waals surface area contributed by atoms with Gasteiger partial charge in [-0.15, -0.1) is 0 Å². The van der Waals surface area contributed by atoms with Crippen molar-refractivity contribution in [2.45, 2.75) is 38.6 Å². The normalized spacial score (nSPS) is 19.1. The lowest BCUT2D eigenvalue weighted by molar-refractivity contribution is 0.0924. The Morgan fingerprint density at radius 2 is 2.10 bits per heavy atom. The number of likely N-dealkylation sites (tertiary alicyclic amines) is 1. The molecule has 0 unspecified atom stereocenters. The molecule has 1 fully saturated rings. The first kappa shape index (κ1) is 19.9. The van der Waals surface area contributed by atoms with Crippen LogP contribution in [0.25, 0.3) is 22.8 Å². The molecule has 2 aliphatic rings. The molecule has 0 bridgehead atoms. The molecule has 5 rings (SSSR count). The highest BCUT2D eigenvalue weighted by Crippen LogP contribution is 2.30. The van der Waals surface area contributed by atoms with Crippen molar-refractivity contribution in [3.63, 3.8) is 0 Å². The maximum absolute atomic E-state index is 12.1. The van der Waals surface area contributed by atoms with Crippen LogP contribution in [-0.4, -0.2) is 56.7 Å². The average molecular weight is 417 g/mol. The lowest BCUT2D eigenvalue weighted by Gasteiger charge is -2.32. The smallest absolute Gasteiger partial charge is 0.269 e. The molecule has 0 aliphatic carbocycles. The van der Waals surface area contributed by atoms with E-state index in [2.05, 4.69) is 51.5 Å². The number of rotatable bonds is 5. The van der Waals surface area contributed by atoms with Crippen LogP contribution in [0.5, 0.6) is 0 Å². The summed E-state index contributed by atoms with van der Waals surface area (Å²) in [6.45, 7) is 7.04. The van der Waals surface area contributed by atoms with E-state index >= 15 is 0 Å². The fourth-order valence-electron chi connectivity index (χ4n) is 4.68. The first-order valence-electron chi connectivity index (χ1n) is 11.2. The summed E-state index contributed by atoms with van der Waals surface area (Å²) in [5, 5.41) is 7.44. The quantitative estimate of drug-likeness (QED) is 0.690. The van der Waals surface area contributed by atoms with Crippen LogP contribution >= 0.6 is 0 Å². The minimum atomic E-state index is -0.0865. The molecule has 4 heterocycles. The van der Waals surface area contributed by atoms with Gasteiger partial charge < -0.3 is 10.2 Å². The summed E-state index contributed by atoms with van der Waals surface area (Å²) in [4.78, 5) is 24.0. The topological polar surface area (TPSA) is 75.9 Å². The van der Waals surface area contributed by atoms with Crippen molar-refractivity contribution in [2.24, 2.45) is 0 Å². The third kappa shape index (κ3) is 4.10. The Bertz CT molecular complexity index is 1090. The van der Waals surface area contributed by atoms with Crippen molar-refractivity contribution in [3.8, 4) is 22.8 Å². The number of nitrogens with one attached hydrogen (secondary N) is 1. The Morgan fingerprint density at radius 1 is 1.16 bits per heavy atom. The van der Waals surface area contributed by atoms with Gasteiger partial charge in [0.15, 0.2) is 5.82 Å². The molecule has 0 saturated carbocycles. The van der Waals surface area contributed by atoms with Gasteiger partial charge in [-0.2, -0.15) is 5.10 Å². The van der Waals surface area contributed by atoms with E-state index in [1.54, 1.807) is 16.9 Å². The van der Waals surface area contributed by atoms with Crippen molar-refractivity contribution in [2.75, 3.05) is 26.2 Å². The van der Waals surface area contributed by atoms with Crippen LogP contribution in [0.15, 0.2) is 42.6 Å². The number of aromatic nitrogens is 4. The van der Waals surface area contributed by atoms with Gasteiger partial charge in [0.05, 0.1) is 12.2 Å². The Labute approximate surface area is 182 Å². The van der Waals surface area contributed by atoms with Crippen LogP contribution in [0.4, 0.5) is 0 Å². The number of fused-ring (bicyclic) bond motifs is 1. The lowest BCUT2D eigenvalue weighted by atomic mass is 9.89. The van der Waals surface area contributed by atoms with E-state index in [4.69, 9.17) is 4.98 Å². The summed E-state index contributed by atoms with van der Waals surface area (Å²) in [5.74, 6) is 1.16. The van der Waals surface area contributed by atoms with Gasteiger partial charge >= 0.3 is 0 Å². The van der Waals surface area contributed by atoms with Crippen LogP contribution in [0.3, 0.4) is 0 Å². The molecule has 7 heteroatoms. The van der Waals surface area contributed by atoms with Crippen molar-refractivity contribution in [1.29, 1.82) is 0 Å². The molecular formula is C24H28N6O. The predicted molar refractivity (Wildman–Crippen MR) is 120 cm³/mol. The Morgan fingerprint density at radius 3 is 2.97 bits per heavy atom. The summed E-state index contributed by atoms with van der Waals surface area (Å²) >= 11 is 0. The number of amides is 1. The molecule has 7 nitrogen and oxygen atoms in total. The first-order valence-corrected chi connectivity index (χ1v) is 11.2.